The highest BCUT2D eigenvalue weighted by atomic mass is 79.9. The molecule has 4 nitrogen and oxygen atoms in total. The van der Waals surface area contributed by atoms with E-state index in [0.29, 0.717) is 10.6 Å². The number of halogens is 2. The summed E-state index contributed by atoms with van der Waals surface area (Å²) in [6.07, 6.45) is 1.81. The van der Waals surface area contributed by atoms with E-state index >= 15 is 0 Å². The number of anilines is 2. The Labute approximate surface area is 143 Å². The number of nitrogens with zero attached hydrogens (tertiary/aromatic N) is 4. The van der Waals surface area contributed by atoms with Crippen LogP contribution in [0.2, 0.25) is 5.02 Å². The van der Waals surface area contributed by atoms with E-state index in [1.807, 2.05) is 30.5 Å². The van der Waals surface area contributed by atoms with Crippen LogP contribution < -0.4 is 9.80 Å². The molecular weight excluding hydrogens is 364 g/mol. The van der Waals surface area contributed by atoms with Gasteiger partial charge in [-0.25, -0.2) is 4.98 Å². The summed E-state index contributed by atoms with van der Waals surface area (Å²) >= 11 is 9.36. The normalized spacial score (nSPS) is 14.8. The molecule has 2 aromatic rings. The number of rotatable bonds is 2. The maximum absolute atomic E-state index is 9.27. The first-order chi connectivity index (χ1) is 10.7. The molecular formula is C16H14BrClN4. The smallest absolute Gasteiger partial charge is 0.128 e. The van der Waals surface area contributed by atoms with Gasteiger partial charge < -0.3 is 9.80 Å². The molecule has 0 radical (unpaired) electrons. The third-order valence-corrected chi connectivity index (χ3v) is 4.44. The number of pyridine rings is 1. The van der Waals surface area contributed by atoms with Gasteiger partial charge in [0.2, 0.25) is 0 Å². The standard InChI is InChI=1S/C16H14BrClN4/c17-13-1-4-16(20-11-13)22-7-5-21(6-8-22)15-3-2-14(18)9-12(15)10-19/h1-4,9,11H,5-8H2. The molecule has 1 aromatic carbocycles. The van der Waals surface area contributed by atoms with Crippen molar-refractivity contribution >= 4 is 39.0 Å². The van der Waals surface area contributed by atoms with E-state index in [-0.39, 0.29) is 0 Å². The molecule has 112 valence electrons. The first-order valence-corrected chi connectivity index (χ1v) is 8.15. The fourth-order valence-electron chi connectivity index (χ4n) is 2.61. The van der Waals surface area contributed by atoms with Gasteiger partial charge in [-0.2, -0.15) is 5.26 Å². The van der Waals surface area contributed by atoms with Gasteiger partial charge in [-0.05, 0) is 46.3 Å². The van der Waals surface area contributed by atoms with Crippen LogP contribution in [-0.2, 0) is 0 Å². The second-order valence-electron chi connectivity index (χ2n) is 5.08. The molecule has 1 aromatic heterocycles. The minimum atomic E-state index is 0.595. The van der Waals surface area contributed by atoms with Crippen molar-refractivity contribution in [3.05, 3.63) is 51.6 Å². The first kappa shape index (κ1) is 15.1. The third kappa shape index (κ3) is 3.18. The van der Waals surface area contributed by atoms with Gasteiger partial charge in [0, 0.05) is 41.9 Å². The predicted molar refractivity (Wildman–Crippen MR) is 92.5 cm³/mol. The predicted octanol–water partition coefficient (Wildman–Crippen LogP) is 3.70. The van der Waals surface area contributed by atoms with Crippen molar-refractivity contribution in [2.75, 3.05) is 36.0 Å². The van der Waals surface area contributed by atoms with Gasteiger partial charge >= 0.3 is 0 Å². The Morgan fingerprint density at radius 1 is 1.09 bits per heavy atom. The molecule has 1 aliphatic heterocycles. The zero-order chi connectivity index (χ0) is 15.5. The van der Waals surface area contributed by atoms with Crippen molar-refractivity contribution in [2.45, 2.75) is 0 Å². The van der Waals surface area contributed by atoms with Gasteiger partial charge in [-0.15, -0.1) is 0 Å². The van der Waals surface area contributed by atoms with Crippen LogP contribution in [0.15, 0.2) is 41.0 Å². The summed E-state index contributed by atoms with van der Waals surface area (Å²) in [6.45, 7) is 3.46. The topological polar surface area (TPSA) is 43.2 Å². The van der Waals surface area contributed by atoms with Crippen LogP contribution >= 0.6 is 27.5 Å². The molecule has 0 N–H and O–H groups in total. The minimum absolute atomic E-state index is 0.595. The highest BCUT2D eigenvalue weighted by Gasteiger charge is 2.20. The summed E-state index contributed by atoms with van der Waals surface area (Å²) in [6, 6.07) is 11.7. The zero-order valence-electron chi connectivity index (χ0n) is 11.8. The van der Waals surface area contributed by atoms with Gasteiger partial charge in [0.15, 0.2) is 0 Å². The van der Waals surface area contributed by atoms with Crippen LogP contribution in [0, 0.1) is 11.3 Å². The van der Waals surface area contributed by atoms with Crippen LogP contribution in [0.25, 0.3) is 0 Å². The number of hydrogen-bond donors (Lipinski definition) is 0. The second kappa shape index (κ2) is 6.55. The first-order valence-electron chi connectivity index (χ1n) is 6.98. The quantitative estimate of drug-likeness (QED) is 0.800. The van der Waals surface area contributed by atoms with Gasteiger partial charge in [0.1, 0.15) is 11.9 Å². The van der Waals surface area contributed by atoms with E-state index in [4.69, 9.17) is 11.6 Å². The lowest BCUT2D eigenvalue weighted by Crippen LogP contribution is -2.47. The van der Waals surface area contributed by atoms with E-state index in [1.54, 1.807) is 6.07 Å². The summed E-state index contributed by atoms with van der Waals surface area (Å²) in [5.74, 6) is 0.986. The van der Waals surface area contributed by atoms with Crippen molar-refractivity contribution in [1.82, 2.24) is 4.98 Å². The zero-order valence-corrected chi connectivity index (χ0v) is 14.2. The molecule has 22 heavy (non-hydrogen) atoms. The molecule has 0 bridgehead atoms. The lowest BCUT2D eigenvalue weighted by molar-refractivity contribution is 0.647. The maximum atomic E-state index is 9.27. The van der Waals surface area contributed by atoms with E-state index < -0.39 is 0 Å². The number of aromatic nitrogens is 1. The van der Waals surface area contributed by atoms with Crippen molar-refractivity contribution in [2.24, 2.45) is 0 Å². The summed E-state index contributed by atoms with van der Waals surface area (Å²) in [5.41, 5.74) is 1.58. The molecule has 1 aliphatic rings. The molecule has 6 heteroatoms. The van der Waals surface area contributed by atoms with Gasteiger partial charge in [-0.1, -0.05) is 11.6 Å². The Morgan fingerprint density at radius 3 is 2.45 bits per heavy atom. The molecule has 0 saturated carbocycles. The molecule has 0 aliphatic carbocycles. The molecule has 3 rings (SSSR count). The largest absolute Gasteiger partial charge is 0.367 e. The van der Waals surface area contributed by atoms with Gasteiger partial charge in [-0.3, -0.25) is 0 Å². The average Bonchev–Trinajstić information content (AvgIpc) is 2.56. The van der Waals surface area contributed by atoms with Crippen LogP contribution in [0.3, 0.4) is 0 Å². The number of benzene rings is 1. The van der Waals surface area contributed by atoms with E-state index in [9.17, 15) is 5.26 Å². The number of hydrogen-bond acceptors (Lipinski definition) is 4. The van der Waals surface area contributed by atoms with Crippen molar-refractivity contribution < 1.29 is 0 Å². The number of piperazine rings is 1. The van der Waals surface area contributed by atoms with Crippen molar-refractivity contribution in [3.8, 4) is 6.07 Å². The summed E-state index contributed by atoms with van der Waals surface area (Å²) in [4.78, 5) is 8.92. The van der Waals surface area contributed by atoms with Gasteiger partial charge in [0.05, 0.1) is 11.3 Å². The summed E-state index contributed by atoms with van der Waals surface area (Å²) < 4.78 is 0.981. The molecule has 1 fully saturated rings. The molecule has 0 atom stereocenters. The number of nitriles is 1. The Kier molecular flexibility index (Phi) is 4.51. The Bertz CT molecular complexity index is 703. The van der Waals surface area contributed by atoms with Crippen molar-refractivity contribution in [3.63, 3.8) is 0 Å². The van der Waals surface area contributed by atoms with E-state index in [0.717, 1.165) is 42.2 Å². The third-order valence-electron chi connectivity index (χ3n) is 3.74. The Morgan fingerprint density at radius 2 is 1.82 bits per heavy atom. The summed E-state index contributed by atoms with van der Waals surface area (Å²) in [5, 5.41) is 9.86. The molecule has 1 saturated heterocycles. The molecule has 0 unspecified atom stereocenters. The van der Waals surface area contributed by atoms with E-state index in [2.05, 4.69) is 36.8 Å². The minimum Gasteiger partial charge on any atom is -0.367 e. The lowest BCUT2D eigenvalue weighted by atomic mass is 10.1. The van der Waals surface area contributed by atoms with E-state index in [1.165, 1.54) is 0 Å². The lowest BCUT2D eigenvalue weighted by Gasteiger charge is -2.37. The molecule has 2 heterocycles. The van der Waals surface area contributed by atoms with Crippen LogP contribution in [-0.4, -0.2) is 31.2 Å². The fourth-order valence-corrected chi connectivity index (χ4v) is 3.01. The van der Waals surface area contributed by atoms with Crippen molar-refractivity contribution in [1.29, 1.82) is 5.26 Å². The highest BCUT2D eigenvalue weighted by Crippen LogP contribution is 2.25. The van der Waals surface area contributed by atoms with Crippen LogP contribution in [0.5, 0.6) is 0 Å². The Hall–Kier alpha value is -1.77. The second-order valence-corrected chi connectivity index (χ2v) is 6.43. The Balaban J connectivity index is 1.72. The van der Waals surface area contributed by atoms with Crippen LogP contribution in [0.4, 0.5) is 11.5 Å². The fraction of sp³-hybridized carbons (Fsp3) is 0.250. The van der Waals surface area contributed by atoms with Gasteiger partial charge in [0.25, 0.3) is 0 Å². The maximum Gasteiger partial charge on any atom is 0.128 e. The highest BCUT2D eigenvalue weighted by molar-refractivity contribution is 9.10. The monoisotopic (exact) mass is 376 g/mol. The SMILES string of the molecule is N#Cc1cc(Cl)ccc1N1CCN(c2ccc(Br)cn2)CC1. The molecule has 0 amide bonds. The van der Waals surface area contributed by atoms with Crippen LogP contribution in [0.1, 0.15) is 5.56 Å². The molecule has 0 spiro atoms. The average molecular weight is 378 g/mol. The summed E-state index contributed by atoms with van der Waals surface area (Å²) in [7, 11) is 0.